The minimum absolute atomic E-state index is 0.0656. The van der Waals surface area contributed by atoms with Gasteiger partial charge in [0, 0.05) is 19.3 Å². The minimum atomic E-state index is -0.768. The fourth-order valence-corrected chi connectivity index (χ4v) is 11.0. The highest BCUT2D eigenvalue weighted by Crippen LogP contribution is 2.19. The van der Waals surface area contributed by atoms with Crippen LogP contribution in [0, 0.1) is 0 Å². The summed E-state index contributed by atoms with van der Waals surface area (Å²) in [4.78, 5) is 38.3. The predicted octanol–water partition coefficient (Wildman–Crippen LogP) is 24.7. The van der Waals surface area contributed by atoms with E-state index in [0.717, 1.165) is 70.6 Å². The molecule has 470 valence electrons. The van der Waals surface area contributed by atoms with Crippen molar-refractivity contribution in [1.29, 1.82) is 0 Å². The Morgan fingerprint density at radius 3 is 0.700 bits per heavy atom. The standard InChI is InChI=1S/C74H138O6/c1-4-7-10-13-16-19-22-24-26-28-30-32-34-35-36-37-38-39-41-42-44-46-48-50-52-55-58-61-64-67-73(76)79-70-71(69-78-72(75)66-63-60-57-54-21-18-15-12-9-6-3)80-74(77)68-65-62-59-56-53-51-49-47-45-43-40-33-31-29-27-25-23-20-17-14-11-8-5-2/h22,24,28,30,34-35,71H,4-21,23,25-27,29,31-33,36-70H2,1-3H3/b24-22-,30-28-,35-34-. The normalized spacial score (nSPS) is 12.2. The van der Waals surface area contributed by atoms with E-state index in [1.54, 1.807) is 0 Å². The van der Waals surface area contributed by atoms with Gasteiger partial charge in [-0.15, -0.1) is 0 Å². The average molecular weight is 1120 g/mol. The maximum atomic E-state index is 12.9. The van der Waals surface area contributed by atoms with Crippen molar-refractivity contribution in [2.75, 3.05) is 13.2 Å². The molecule has 0 aromatic heterocycles. The van der Waals surface area contributed by atoms with Crippen LogP contribution in [0.25, 0.3) is 0 Å². The van der Waals surface area contributed by atoms with E-state index >= 15 is 0 Å². The van der Waals surface area contributed by atoms with Crippen molar-refractivity contribution in [1.82, 2.24) is 0 Å². The highest BCUT2D eigenvalue weighted by Gasteiger charge is 2.19. The smallest absolute Gasteiger partial charge is 0.306 e. The van der Waals surface area contributed by atoms with E-state index in [-0.39, 0.29) is 31.1 Å². The molecule has 80 heavy (non-hydrogen) atoms. The van der Waals surface area contributed by atoms with Gasteiger partial charge in [-0.25, -0.2) is 0 Å². The zero-order valence-electron chi connectivity index (χ0n) is 54.1. The lowest BCUT2D eigenvalue weighted by atomic mass is 10.0. The molecular formula is C74H138O6. The van der Waals surface area contributed by atoms with Gasteiger partial charge in [0.1, 0.15) is 13.2 Å². The van der Waals surface area contributed by atoms with Gasteiger partial charge in [0.2, 0.25) is 0 Å². The second-order valence-electron chi connectivity index (χ2n) is 24.5. The van der Waals surface area contributed by atoms with Gasteiger partial charge in [0.05, 0.1) is 0 Å². The first-order valence-electron chi connectivity index (χ1n) is 36.0. The van der Waals surface area contributed by atoms with Crippen LogP contribution in [-0.2, 0) is 28.6 Å². The fraction of sp³-hybridized carbons (Fsp3) is 0.878. The topological polar surface area (TPSA) is 78.9 Å². The van der Waals surface area contributed by atoms with Gasteiger partial charge in [0.25, 0.3) is 0 Å². The Balaban J connectivity index is 4.13. The average Bonchev–Trinajstić information content (AvgIpc) is 3.46. The third kappa shape index (κ3) is 66.4. The molecule has 0 aliphatic carbocycles. The molecule has 0 rings (SSSR count). The number of esters is 3. The van der Waals surface area contributed by atoms with Crippen LogP contribution in [0.5, 0.6) is 0 Å². The van der Waals surface area contributed by atoms with Crippen molar-refractivity contribution in [3.8, 4) is 0 Å². The molecule has 6 heteroatoms. The Hall–Kier alpha value is -2.37. The van der Waals surface area contributed by atoms with Gasteiger partial charge in [0.15, 0.2) is 6.10 Å². The summed E-state index contributed by atoms with van der Waals surface area (Å²) in [5, 5.41) is 0. The molecule has 0 amide bonds. The molecule has 0 aromatic carbocycles. The summed E-state index contributed by atoms with van der Waals surface area (Å²) >= 11 is 0. The van der Waals surface area contributed by atoms with Gasteiger partial charge < -0.3 is 14.2 Å². The van der Waals surface area contributed by atoms with Crippen LogP contribution in [0.4, 0.5) is 0 Å². The molecule has 0 saturated heterocycles. The zero-order valence-corrected chi connectivity index (χ0v) is 54.1. The Kier molecular flexibility index (Phi) is 67.1. The van der Waals surface area contributed by atoms with E-state index < -0.39 is 6.10 Å². The Labute approximate surface area is 499 Å². The molecule has 0 aliphatic heterocycles. The molecule has 0 fully saturated rings. The number of allylic oxidation sites excluding steroid dienone is 6. The number of ether oxygens (including phenoxy) is 3. The maximum Gasteiger partial charge on any atom is 0.306 e. The summed E-state index contributed by atoms with van der Waals surface area (Å²) in [5.74, 6) is -0.838. The third-order valence-electron chi connectivity index (χ3n) is 16.4. The molecule has 0 aliphatic rings. The Morgan fingerprint density at radius 2 is 0.450 bits per heavy atom. The minimum Gasteiger partial charge on any atom is -0.462 e. The van der Waals surface area contributed by atoms with Gasteiger partial charge in [-0.1, -0.05) is 359 Å². The summed E-state index contributed by atoms with van der Waals surface area (Å²) in [6, 6.07) is 0. The van der Waals surface area contributed by atoms with E-state index in [1.807, 2.05) is 0 Å². The van der Waals surface area contributed by atoms with Crippen LogP contribution < -0.4 is 0 Å². The highest BCUT2D eigenvalue weighted by molar-refractivity contribution is 5.71. The first-order valence-corrected chi connectivity index (χ1v) is 36.0. The summed E-state index contributed by atoms with van der Waals surface area (Å²) in [5.41, 5.74) is 0. The lowest BCUT2D eigenvalue weighted by Crippen LogP contribution is -2.30. The van der Waals surface area contributed by atoms with Crippen LogP contribution in [0.3, 0.4) is 0 Å². The first kappa shape index (κ1) is 77.6. The number of hydrogen-bond donors (Lipinski definition) is 0. The van der Waals surface area contributed by atoms with Crippen molar-refractivity contribution in [3.63, 3.8) is 0 Å². The number of hydrogen-bond acceptors (Lipinski definition) is 6. The van der Waals surface area contributed by atoms with Crippen molar-refractivity contribution >= 4 is 17.9 Å². The molecule has 1 unspecified atom stereocenters. The number of carbonyl (C=O) groups is 3. The zero-order chi connectivity index (χ0) is 57.8. The van der Waals surface area contributed by atoms with E-state index in [4.69, 9.17) is 14.2 Å². The number of carbonyl (C=O) groups excluding carboxylic acids is 3. The van der Waals surface area contributed by atoms with Crippen LogP contribution in [0.1, 0.15) is 400 Å². The second-order valence-corrected chi connectivity index (χ2v) is 24.5. The van der Waals surface area contributed by atoms with Crippen molar-refractivity contribution < 1.29 is 28.6 Å². The molecular weight excluding hydrogens is 985 g/mol. The summed E-state index contributed by atoms with van der Waals surface area (Å²) in [6.45, 7) is 6.69. The predicted molar refractivity (Wildman–Crippen MR) is 349 cm³/mol. The largest absolute Gasteiger partial charge is 0.462 e. The van der Waals surface area contributed by atoms with Crippen molar-refractivity contribution in [2.24, 2.45) is 0 Å². The monoisotopic (exact) mass is 1120 g/mol. The molecule has 0 N–H and O–H groups in total. The van der Waals surface area contributed by atoms with Gasteiger partial charge >= 0.3 is 17.9 Å². The number of unbranched alkanes of at least 4 members (excludes halogenated alkanes) is 50. The molecule has 0 bridgehead atoms. The van der Waals surface area contributed by atoms with Crippen LogP contribution in [-0.4, -0.2) is 37.2 Å². The maximum absolute atomic E-state index is 12.9. The Bertz CT molecular complexity index is 1340. The van der Waals surface area contributed by atoms with Gasteiger partial charge in [-0.3, -0.25) is 14.4 Å². The van der Waals surface area contributed by atoms with E-state index in [9.17, 15) is 14.4 Å². The summed E-state index contributed by atoms with van der Waals surface area (Å²) < 4.78 is 17.0. The SMILES string of the molecule is CCCCCCC/C=C\C/C=C\C/C=C\CCCCCCCCCCCCCCCCC(=O)OCC(COC(=O)CCCCCCCCCCCC)OC(=O)CCCCCCCCCCCCCCCCCCCCCCCCC. The first-order chi connectivity index (χ1) is 39.5. The van der Waals surface area contributed by atoms with Crippen molar-refractivity contribution in [2.45, 2.75) is 406 Å². The van der Waals surface area contributed by atoms with Crippen molar-refractivity contribution in [3.05, 3.63) is 36.5 Å². The van der Waals surface area contributed by atoms with Gasteiger partial charge in [-0.2, -0.15) is 0 Å². The molecule has 0 heterocycles. The molecule has 0 saturated carbocycles. The lowest BCUT2D eigenvalue weighted by molar-refractivity contribution is -0.167. The fourth-order valence-electron chi connectivity index (χ4n) is 11.0. The van der Waals surface area contributed by atoms with Gasteiger partial charge in [-0.05, 0) is 57.8 Å². The molecule has 0 aromatic rings. The second kappa shape index (κ2) is 69.1. The lowest BCUT2D eigenvalue weighted by Gasteiger charge is -2.18. The highest BCUT2D eigenvalue weighted by atomic mass is 16.6. The van der Waals surface area contributed by atoms with Crippen LogP contribution >= 0.6 is 0 Å². The molecule has 0 spiro atoms. The number of rotatable bonds is 67. The molecule has 0 radical (unpaired) electrons. The third-order valence-corrected chi connectivity index (χ3v) is 16.4. The summed E-state index contributed by atoms with van der Waals surface area (Å²) in [7, 11) is 0. The van der Waals surface area contributed by atoms with E-state index in [2.05, 4.69) is 57.2 Å². The quantitative estimate of drug-likeness (QED) is 0.0261. The van der Waals surface area contributed by atoms with Crippen LogP contribution in [0.15, 0.2) is 36.5 Å². The van der Waals surface area contributed by atoms with E-state index in [0.29, 0.717) is 19.3 Å². The molecule has 1 atom stereocenters. The van der Waals surface area contributed by atoms with E-state index in [1.165, 1.54) is 289 Å². The molecule has 6 nitrogen and oxygen atoms in total. The van der Waals surface area contributed by atoms with Crippen LogP contribution in [0.2, 0.25) is 0 Å². The summed E-state index contributed by atoms with van der Waals surface area (Å²) in [6.07, 6.45) is 86.2. The Morgan fingerprint density at radius 1 is 0.250 bits per heavy atom.